The van der Waals surface area contributed by atoms with Gasteiger partial charge >= 0.3 is 0 Å². The van der Waals surface area contributed by atoms with Crippen LogP contribution in [0.15, 0.2) is 36.7 Å². The number of nitrogens with zero attached hydrogens (tertiary/aromatic N) is 2. The van der Waals surface area contributed by atoms with Crippen LogP contribution in [0.4, 0.5) is 0 Å². The standard InChI is InChI=1S/C16H22N2O2/c1-4-19-16(20-5-2)12-18-11-14(10-17-18)15-9-7-6-8-13(15)3/h6-11,16H,4-5,12H2,1-3H3. The molecule has 0 aliphatic carbocycles. The van der Waals surface area contributed by atoms with Gasteiger partial charge in [-0.1, -0.05) is 24.3 Å². The summed E-state index contributed by atoms with van der Waals surface area (Å²) < 4.78 is 13.0. The van der Waals surface area contributed by atoms with Gasteiger partial charge in [-0.25, -0.2) is 0 Å². The maximum absolute atomic E-state index is 5.54. The highest BCUT2D eigenvalue weighted by molar-refractivity contribution is 5.65. The fourth-order valence-corrected chi connectivity index (χ4v) is 2.18. The van der Waals surface area contributed by atoms with Gasteiger partial charge in [0.05, 0.1) is 12.7 Å². The molecule has 0 bridgehead atoms. The SMILES string of the molecule is CCOC(Cn1cc(-c2ccccc2C)cn1)OCC. The van der Waals surface area contributed by atoms with Gasteiger partial charge in [0.25, 0.3) is 0 Å². The molecule has 0 atom stereocenters. The molecule has 1 heterocycles. The van der Waals surface area contributed by atoms with Crippen molar-refractivity contribution in [3.05, 3.63) is 42.2 Å². The Labute approximate surface area is 120 Å². The van der Waals surface area contributed by atoms with E-state index in [2.05, 4.69) is 24.2 Å². The van der Waals surface area contributed by atoms with Gasteiger partial charge in [0.15, 0.2) is 6.29 Å². The lowest BCUT2D eigenvalue weighted by molar-refractivity contribution is -0.144. The van der Waals surface area contributed by atoms with Crippen LogP contribution in [-0.2, 0) is 16.0 Å². The van der Waals surface area contributed by atoms with Crippen LogP contribution in [0.2, 0.25) is 0 Å². The second-order valence-electron chi connectivity index (χ2n) is 4.61. The molecule has 1 aromatic heterocycles. The number of aryl methyl sites for hydroxylation is 1. The van der Waals surface area contributed by atoms with E-state index < -0.39 is 0 Å². The Morgan fingerprint density at radius 2 is 1.85 bits per heavy atom. The maximum Gasteiger partial charge on any atom is 0.176 e. The summed E-state index contributed by atoms with van der Waals surface area (Å²) in [5.41, 5.74) is 3.58. The normalized spacial score (nSPS) is 11.2. The molecule has 0 saturated heterocycles. The first-order chi connectivity index (χ1) is 9.74. The van der Waals surface area contributed by atoms with E-state index in [1.807, 2.05) is 43.1 Å². The van der Waals surface area contributed by atoms with Gasteiger partial charge in [-0.2, -0.15) is 5.10 Å². The van der Waals surface area contributed by atoms with Crippen LogP contribution in [0, 0.1) is 6.92 Å². The Kier molecular flexibility index (Phi) is 5.32. The monoisotopic (exact) mass is 274 g/mol. The van der Waals surface area contributed by atoms with Crippen molar-refractivity contribution in [1.29, 1.82) is 0 Å². The Morgan fingerprint density at radius 1 is 1.15 bits per heavy atom. The molecule has 1 aromatic carbocycles. The predicted molar refractivity (Wildman–Crippen MR) is 79.4 cm³/mol. The largest absolute Gasteiger partial charge is 0.351 e. The first-order valence-corrected chi connectivity index (χ1v) is 7.06. The minimum absolute atomic E-state index is 0.241. The molecule has 4 heteroatoms. The van der Waals surface area contributed by atoms with Crippen molar-refractivity contribution in [1.82, 2.24) is 9.78 Å². The number of hydrogen-bond donors (Lipinski definition) is 0. The summed E-state index contributed by atoms with van der Waals surface area (Å²) >= 11 is 0. The Morgan fingerprint density at radius 3 is 2.50 bits per heavy atom. The van der Waals surface area contributed by atoms with E-state index >= 15 is 0 Å². The lowest BCUT2D eigenvalue weighted by Crippen LogP contribution is -2.23. The zero-order valence-electron chi connectivity index (χ0n) is 12.4. The average Bonchev–Trinajstić information content (AvgIpc) is 2.88. The van der Waals surface area contributed by atoms with Crippen LogP contribution in [0.5, 0.6) is 0 Å². The number of ether oxygens (including phenoxy) is 2. The third-order valence-corrected chi connectivity index (χ3v) is 3.13. The van der Waals surface area contributed by atoms with Crippen LogP contribution < -0.4 is 0 Å². The van der Waals surface area contributed by atoms with E-state index in [0.717, 1.165) is 5.56 Å². The van der Waals surface area contributed by atoms with E-state index in [1.54, 1.807) is 0 Å². The van der Waals surface area contributed by atoms with Crippen molar-refractivity contribution >= 4 is 0 Å². The smallest absolute Gasteiger partial charge is 0.176 e. The summed E-state index contributed by atoms with van der Waals surface area (Å²) in [6, 6.07) is 8.31. The molecule has 0 N–H and O–H groups in total. The lowest BCUT2D eigenvalue weighted by atomic mass is 10.0. The van der Waals surface area contributed by atoms with Crippen molar-refractivity contribution < 1.29 is 9.47 Å². The Hall–Kier alpha value is -1.65. The first-order valence-electron chi connectivity index (χ1n) is 7.06. The molecule has 20 heavy (non-hydrogen) atoms. The first kappa shape index (κ1) is 14.8. The van der Waals surface area contributed by atoms with Crippen molar-refractivity contribution in [3.63, 3.8) is 0 Å². The van der Waals surface area contributed by atoms with Crippen molar-refractivity contribution in [2.75, 3.05) is 13.2 Å². The number of rotatable bonds is 7. The molecule has 0 spiro atoms. The minimum atomic E-state index is -0.241. The fraction of sp³-hybridized carbons (Fsp3) is 0.438. The topological polar surface area (TPSA) is 36.3 Å². The van der Waals surface area contributed by atoms with Crippen LogP contribution in [0.1, 0.15) is 19.4 Å². The van der Waals surface area contributed by atoms with Gasteiger partial charge in [-0.05, 0) is 31.9 Å². The molecular formula is C16H22N2O2. The quantitative estimate of drug-likeness (QED) is 0.727. The van der Waals surface area contributed by atoms with Gasteiger partial charge in [0.1, 0.15) is 0 Å². The van der Waals surface area contributed by atoms with Crippen molar-refractivity contribution in [3.8, 4) is 11.1 Å². The number of benzene rings is 1. The minimum Gasteiger partial charge on any atom is -0.351 e. The van der Waals surface area contributed by atoms with Gasteiger partial charge < -0.3 is 9.47 Å². The average molecular weight is 274 g/mol. The third kappa shape index (κ3) is 3.68. The highest BCUT2D eigenvalue weighted by Gasteiger charge is 2.11. The molecule has 0 radical (unpaired) electrons. The van der Waals surface area contributed by atoms with Gasteiger partial charge in [-0.3, -0.25) is 4.68 Å². The second-order valence-corrected chi connectivity index (χ2v) is 4.61. The second kappa shape index (κ2) is 7.22. The molecule has 2 rings (SSSR count). The van der Waals surface area contributed by atoms with Crippen LogP contribution in [-0.4, -0.2) is 29.3 Å². The summed E-state index contributed by atoms with van der Waals surface area (Å²) in [6.45, 7) is 7.92. The van der Waals surface area contributed by atoms with Crippen LogP contribution >= 0.6 is 0 Å². The molecule has 0 saturated carbocycles. The fourth-order valence-electron chi connectivity index (χ4n) is 2.18. The molecule has 0 aliphatic heterocycles. The lowest BCUT2D eigenvalue weighted by Gasteiger charge is -2.16. The third-order valence-electron chi connectivity index (χ3n) is 3.13. The molecule has 0 fully saturated rings. The van der Waals surface area contributed by atoms with Crippen LogP contribution in [0.3, 0.4) is 0 Å². The summed E-state index contributed by atoms with van der Waals surface area (Å²) in [5, 5.41) is 4.39. The highest BCUT2D eigenvalue weighted by atomic mass is 16.7. The van der Waals surface area contributed by atoms with Crippen LogP contribution in [0.25, 0.3) is 11.1 Å². The summed E-state index contributed by atoms with van der Waals surface area (Å²) in [4.78, 5) is 0. The predicted octanol–water partition coefficient (Wildman–Crippen LogP) is 3.26. The molecule has 4 nitrogen and oxygen atoms in total. The zero-order valence-corrected chi connectivity index (χ0v) is 12.4. The molecule has 0 unspecified atom stereocenters. The summed E-state index contributed by atoms with van der Waals surface area (Å²) in [5.74, 6) is 0. The van der Waals surface area contributed by atoms with E-state index in [4.69, 9.17) is 9.47 Å². The van der Waals surface area contributed by atoms with Crippen molar-refractivity contribution in [2.24, 2.45) is 0 Å². The Balaban J connectivity index is 2.10. The van der Waals surface area contributed by atoms with Gasteiger partial charge in [0.2, 0.25) is 0 Å². The zero-order chi connectivity index (χ0) is 14.4. The van der Waals surface area contributed by atoms with Crippen molar-refractivity contribution in [2.45, 2.75) is 33.6 Å². The summed E-state index contributed by atoms with van der Waals surface area (Å²) in [6.07, 6.45) is 3.68. The van der Waals surface area contributed by atoms with E-state index in [1.165, 1.54) is 11.1 Å². The molecular weight excluding hydrogens is 252 g/mol. The van der Waals surface area contributed by atoms with Gasteiger partial charge in [0, 0.05) is 25.0 Å². The van der Waals surface area contributed by atoms with E-state index in [-0.39, 0.29) is 6.29 Å². The van der Waals surface area contributed by atoms with E-state index in [9.17, 15) is 0 Å². The highest BCUT2D eigenvalue weighted by Crippen LogP contribution is 2.22. The maximum atomic E-state index is 5.54. The van der Waals surface area contributed by atoms with E-state index in [0.29, 0.717) is 19.8 Å². The summed E-state index contributed by atoms with van der Waals surface area (Å²) in [7, 11) is 0. The molecule has 0 amide bonds. The molecule has 108 valence electrons. The van der Waals surface area contributed by atoms with Gasteiger partial charge in [-0.15, -0.1) is 0 Å². The molecule has 2 aromatic rings. The Bertz CT molecular complexity index is 531. The molecule has 0 aliphatic rings. The number of hydrogen-bond acceptors (Lipinski definition) is 3. The number of aromatic nitrogens is 2.